The van der Waals surface area contributed by atoms with E-state index >= 15 is 0 Å². The Morgan fingerprint density at radius 3 is 2.52 bits per heavy atom. The van der Waals surface area contributed by atoms with Gasteiger partial charge in [0.1, 0.15) is 5.75 Å². The summed E-state index contributed by atoms with van der Waals surface area (Å²) < 4.78 is 43.1. The molecule has 6 heteroatoms. The average Bonchev–Trinajstić information content (AvgIpc) is 2.44. The van der Waals surface area contributed by atoms with Crippen molar-refractivity contribution in [2.24, 2.45) is 0 Å². The summed E-state index contributed by atoms with van der Waals surface area (Å²) in [5, 5.41) is 2.89. The number of para-hydroxylation sites is 1. The molecule has 1 unspecified atom stereocenters. The van der Waals surface area contributed by atoms with Crippen LogP contribution >= 0.6 is 11.6 Å². The third-order valence-electron chi connectivity index (χ3n) is 2.93. The summed E-state index contributed by atoms with van der Waals surface area (Å²) in [4.78, 5) is 0. The summed E-state index contributed by atoms with van der Waals surface area (Å²) in [5.41, 5.74) is 0.694. The quantitative estimate of drug-likeness (QED) is 0.813. The highest BCUT2D eigenvalue weighted by Crippen LogP contribution is 2.31. The van der Waals surface area contributed by atoms with Crippen molar-refractivity contribution in [2.45, 2.75) is 19.6 Å². The van der Waals surface area contributed by atoms with Crippen LogP contribution in [0.4, 0.5) is 18.9 Å². The number of alkyl halides is 2. The normalized spacial score (nSPS) is 12.3. The molecule has 0 radical (unpaired) electrons. The minimum absolute atomic E-state index is 0.00989. The summed E-state index contributed by atoms with van der Waals surface area (Å²) in [5.74, 6) is -0.534. The molecule has 0 spiro atoms. The Kier molecular flexibility index (Phi) is 4.96. The molecular weight excluding hydrogens is 303 g/mol. The largest absolute Gasteiger partial charge is 0.434 e. The SMILES string of the molecule is CC(Nc1cccc(Cl)c1F)c1ccccc1OC(F)F. The highest BCUT2D eigenvalue weighted by Gasteiger charge is 2.16. The van der Waals surface area contributed by atoms with Gasteiger partial charge >= 0.3 is 6.61 Å². The first kappa shape index (κ1) is 15.5. The lowest BCUT2D eigenvalue weighted by molar-refractivity contribution is -0.0505. The van der Waals surface area contributed by atoms with E-state index in [0.29, 0.717) is 5.56 Å². The fourth-order valence-corrected chi connectivity index (χ4v) is 2.14. The molecule has 2 rings (SSSR count). The molecule has 1 N–H and O–H groups in total. The Bertz CT molecular complexity index is 622. The molecule has 21 heavy (non-hydrogen) atoms. The Balaban J connectivity index is 2.24. The number of anilines is 1. The van der Waals surface area contributed by atoms with Gasteiger partial charge in [-0.3, -0.25) is 0 Å². The first-order chi connectivity index (χ1) is 9.99. The maximum absolute atomic E-state index is 13.8. The number of benzene rings is 2. The Morgan fingerprint density at radius 2 is 1.81 bits per heavy atom. The van der Waals surface area contributed by atoms with Crippen molar-refractivity contribution in [1.29, 1.82) is 0 Å². The van der Waals surface area contributed by atoms with E-state index in [1.54, 1.807) is 31.2 Å². The van der Waals surface area contributed by atoms with Gasteiger partial charge in [0.25, 0.3) is 0 Å². The van der Waals surface area contributed by atoms with E-state index in [-0.39, 0.29) is 16.5 Å². The molecule has 0 saturated carbocycles. The van der Waals surface area contributed by atoms with Gasteiger partial charge < -0.3 is 10.1 Å². The molecule has 2 nitrogen and oxygen atoms in total. The second kappa shape index (κ2) is 6.72. The van der Waals surface area contributed by atoms with Gasteiger partial charge in [-0.1, -0.05) is 35.9 Å². The maximum atomic E-state index is 13.8. The molecule has 0 heterocycles. The van der Waals surface area contributed by atoms with E-state index in [9.17, 15) is 13.2 Å². The van der Waals surface area contributed by atoms with Gasteiger partial charge in [0.2, 0.25) is 0 Å². The molecule has 0 aliphatic carbocycles. The molecule has 0 bridgehead atoms. The molecule has 2 aromatic carbocycles. The van der Waals surface area contributed by atoms with Crippen molar-refractivity contribution in [3.63, 3.8) is 0 Å². The van der Waals surface area contributed by atoms with Crippen molar-refractivity contribution in [1.82, 2.24) is 0 Å². The van der Waals surface area contributed by atoms with Gasteiger partial charge in [-0.05, 0) is 25.1 Å². The lowest BCUT2D eigenvalue weighted by atomic mass is 10.1. The smallest absolute Gasteiger partial charge is 0.387 e. The van der Waals surface area contributed by atoms with Gasteiger partial charge in [-0.15, -0.1) is 0 Å². The maximum Gasteiger partial charge on any atom is 0.387 e. The average molecular weight is 316 g/mol. The van der Waals surface area contributed by atoms with Crippen LogP contribution in [0.25, 0.3) is 0 Å². The molecule has 0 aliphatic heterocycles. The summed E-state index contributed by atoms with van der Waals surface area (Å²) in [6.07, 6.45) is 0. The summed E-state index contributed by atoms with van der Waals surface area (Å²) in [6, 6.07) is 10.5. The fraction of sp³-hybridized carbons (Fsp3) is 0.200. The van der Waals surface area contributed by atoms with Crippen LogP contribution in [0.2, 0.25) is 5.02 Å². The number of hydrogen-bond donors (Lipinski definition) is 1. The summed E-state index contributed by atoms with van der Waals surface area (Å²) in [7, 11) is 0. The van der Waals surface area contributed by atoms with Gasteiger partial charge in [-0.2, -0.15) is 8.78 Å². The van der Waals surface area contributed by atoms with E-state index in [4.69, 9.17) is 11.6 Å². The van der Waals surface area contributed by atoms with E-state index in [1.165, 1.54) is 18.2 Å². The van der Waals surface area contributed by atoms with E-state index in [0.717, 1.165) is 0 Å². The van der Waals surface area contributed by atoms with Crippen LogP contribution in [-0.2, 0) is 0 Å². The van der Waals surface area contributed by atoms with Crippen molar-refractivity contribution < 1.29 is 17.9 Å². The van der Waals surface area contributed by atoms with Gasteiger partial charge in [-0.25, -0.2) is 4.39 Å². The van der Waals surface area contributed by atoms with Crippen LogP contribution in [0, 0.1) is 5.82 Å². The van der Waals surface area contributed by atoms with Gasteiger partial charge in [0.15, 0.2) is 5.82 Å². The minimum atomic E-state index is -2.92. The predicted octanol–water partition coefficient (Wildman–Crippen LogP) is 5.25. The highest BCUT2D eigenvalue weighted by atomic mass is 35.5. The summed E-state index contributed by atoms with van der Waals surface area (Å²) >= 11 is 5.70. The number of rotatable bonds is 5. The Morgan fingerprint density at radius 1 is 1.10 bits per heavy atom. The van der Waals surface area contributed by atoms with Crippen LogP contribution in [0.3, 0.4) is 0 Å². The molecule has 2 aromatic rings. The first-order valence-corrected chi connectivity index (χ1v) is 6.61. The third-order valence-corrected chi connectivity index (χ3v) is 3.22. The van der Waals surface area contributed by atoms with E-state index in [1.807, 2.05) is 0 Å². The fourth-order valence-electron chi connectivity index (χ4n) is 1.97. The highest BCUT2D eigenvalue weighted by molar-refractivity contribution is 6.31. The Labute approximate surface area is 125 Å². The van der Waals surface area contributed by atoms with Crippen LogP contribution in [0.1, 0.15) is 18.5 Å². The third kappa shape index (κ3) is 3.82. The van der Waals surface area contributed by atoms with Crippen molar-refractivity contribution >= 4 is 17.3 Å². The second-order valence-electron chi connectivity index (χ2n) is 4.38. The van der Waals surface area contributed by atoms with E-state index < -0.39 is 18.5 Å². The topological polar surface area (TPSA) is 21.3 Å². The molecule has 0 saturated heterocycles. The van der Waals surface area contributed by atoms with Crippen LogP contribution in [0.15, 0.2) is 42.5 Å². The van der Waals surface area contributed by atoms with E-state index in [2.05, 4.69) is 10.1 Å². The van der Waals surface area contributed by atoms with Gasteiger partial charge in [0.05, 0.1) is 16.8 Å². The molecule has 1 atom stereocenters. The Hall–Kier alpha value is -1.88. The number of ether oxygens (including phenoxy) is 1. The standard InChI is InChI=1S/C15H13ClF3NO/c1-9(20-12-7-4-6-11(16)14(12)17)10-5-2-3-8-13(10)21-15(18)19/h2-9,15,20H,1H3. The van der Waals surface area contributed by atoms with Crippen molar-refractivity contribution in [2.75, 3.05) is 5.32 Å². The lowest BCUT2D eigenvalue weighted by Gasteiger charge is -2.19. The molecule has 0 aromatic heterocycles. The number of halogens is 4. The first-order valence-electron chi connectivity index (χ1n) is 6.23. The van der Waals surface area contributed by atoms with Crippen LogP contribution in [-0.4, -0.2) is 6.61 Å². The molecule has 0 aliphatic rings. The molecular formula is C15H13ClF3NO. The van der Waals surface area contributed by atoms with Crippen LogP contribution in [0.5, 0.6) is 5.75 Å². The summed E-state index contributed by atoms with van der Waals surface area (Å²) in [6.45, 7) is -1.20. The zero-order chi connectivity index (χ0) is 15.4. The lowest BCUT2D eigenvalue weighted by Crippen LogP contribution is -2.11. The van der Waals surface area contributed by atoms with Crippen molar-refractivity contribution in [3.05, 3.63) is 58.9 Å². The zero-order valence-electron chi connectivity index (χ0n) is 11.1. The predicted molar refractivity (Wildman–Crippen MR) is 76.5 cm³/mol. The second-order valence-corrected chi connectivity index (χ2v) is 4.79. The molecule has 0 amide bonds. The number of hydrogen-bond acceptors (Lipinski definition) is 2. The zero-order valence-corrected chi connectivity index (χ0v) is 11.9. The van der Waals surface area contributed by atoms with Crippen LogP contribution < -0.4 is 10.1 Å². The number of nitrogens with one attached hydrogen (secondary N) is 1. The van der Waals surface area contributed by atoms with Crippen molar-refractivity contribution in [3.8, 4) is 5.75 Å². The molecule has 0 fully saturated rings. The van der Waals surface area contributed by atoms with Gasteiger partial charge in [0, 0.05) is 5.56 Å². The minimum Gasteiger partial charge on any atom is -0.434 e. The molecule has 112 valence electrons. The monoisotopic (exact) mass is 315 g/mol.